The molecule has 2 rings (SSSR count). The first-order valence-corrected chi connectivity index (χ1v) is 5.79. The molecule has 0 saturated carbocycles. The number of halogens is 1. The van der Waals surface area contributed by atoms with E-state index in [9.17, 15) is 14.0 Å². The van der Waals surface area contributed by atoms with E-state index in [1.165, 1.54) is 32.4 Å². The Bertz CT molecular complexity index is 758. The fourth-order valence-electron chi connectivity index (χ4n) is 1.70. The maximum absolute atomic E-state index is 13.4. The highest BCUT2D eigenvalue weighted by Gasteiger charge is 2.16. The van der Waals surface area contributed by atoms with E-state index in [1.54, 1.807) is 0 Å². The number of anilines is 1. The third-order valence-electron chi connectivity index (χ3n) is 2.76. The van der Waals surface area contributed by atoms with E-state index in [4.69, 9.17) is 15.2 Å². The number of carbonyl (C=O) groups excluding carboxylic acids is 1. The maximum Gasteiger partial charge on any atom is 0.356 e. The molecule has 0 atom stereocenters. The van der Waals surface area contributed by atoms with E-state index in [1.807, 2.05) is 0 Å². The minimum absolute atomic E-state index is 0.112. The lowest BCUT2D eigenvalue weighted by atomic mass is 10.2. The van der Waals surface area contributed by atoms with Crippen LogP contribution in [0.15, 0.2) is 29.2 Å². The van der Waals surface area contributed by atoms with Crippen molar-refractivity contribution in [1.29, 1.82) is 0 Å². The summed E-state index contributed by atoms with van der Waals surface area (Å²) in [6.45, 7) is 0. The number of rotatable bonds is 3. The third kappa shape index (κ3) is 2.69. The lowest BCUT2D eigenvalue weighted by Crippen LogP contribution is -2.30. The summed E-state index contributed by atoms with van der Waals surface area (Å²) < 4.78 is 24.0. The molecular weight excluding hydrogens is 281 g/mol. The molecule has 7 nitrogen and oxygen atoms in total. The molecule has 1 heterocycles. The summed E-state index contributed by atoms with van der Waals surface area (Å²) in [5.74, 6) is -1.55. The van der Waals surface area contributed by atoms with Crippen molar-refractivity contribution in [2.75, 3.05) is 20.0 Å². The van der Waals surface area contributed by atoms with Gasteiger partial charge in [0.05, 0.1) is 20.4 Å². The molecule has 8 heteroatoms. The molecule has 0 aliphatic carbocycles. The predicted molar refractivity (Wildman–Crippen MR) is 72.1 cm³/mol. The lowest BCUT2D eigenvalue weighted by molar-refractivity contribution is 0.0952. The first-order valence-electron chi connectivity index (χ1n) is 5.79. The van der Waals surface area contributed by atoms with E-state index in [-0.39, 0.29) is 5.56 Å². The Morgan fingerprint density at radius 3 is 2.57 bits per heavy atom. The predicted octanol–water partition coefficient (Wildman–Crippen LogP) is 0.670. The number of hydrogen-bond donors (Lipinski definition) is 1. The Hall–Kier alpha value is -2.90. The number of aromatic nitrogens is 2. The molecule has 0 unspecified atom stereocenters. The number of carbonyl (C=O) groups is 1. The summed E-state index contributed by atoms with van der Waals surface area (Å²) in [5.41, 5.74) is 4.31. The summed E-state index contributed by atoms with van der Waals surface area (Å²) >= 11 is 0. The Labute approximate surface area is 118 Å². The normalized spacial score (nSPS) is 10.2. The fourth-order valence-corrected chi connectivity index (χ4v) is 1.70. The maximum atomic E-state index is 13.4. The highest BCUT2D eigenvalue weighted by Crippen LogP contribution is 2.27. The van der Waals surface area contributed by atoms with E-state index in [0.29, 0.717) is 22.3 Å². The summed E-state index contributed by atoms with van der Waals surface area (Å²) in [6.07, 6.45) is 0.698. The topological polar surface area (TPSA) is 96.4 Å². The van der Waals surface area contributed by atoms with Crippen molar-refractivity contribution in [3.63, 3.8) is 0 Å². The number of nitrogens with zero attached hydrogens (tertiary/aromatic N) is 2. The van der Waals surface area contributed by atoms with Gasteiger partial charge in [-0.05, 0) is 18.2 Å². The third-order valence-corrected chi connectivity index (χ3v) is 2.76. The van der Waals surface area contributed by atoms with E-state index < -0.39 is 23.2 Å². The minimum atomic E-state index is -0.964. The highest BCUT2D eigenvalue weighted by molar-refractivity contribution is 5.96. The fraction of sp³-hybridized carbons (Fsp3) is 0.154. The standard InChI is InChI=1S/C13H12FN3O4/c1-20-9-4-3-7(5-10(9)21-2)12(18)17-6-8(14)11(15)16-13(17)19/h3-6H,1-2H3,(H2,15,16,19). The van der Waals surface area contributed by atoms with Crippen LogP contribution in [0.3, 0.4) is 0 Å². The van der Waals surface area contributed by atoms with Gasteiger partial charge in [0.15, 0.2) is 23.1 Å². The van der Waals surface area contributed by atoms with E-state index >= 15 is 0 Å². The molecule has 0 aliphatic rings. The van der Waals surface area contributed by atoms with E-state index in [2.05, 4.69) is 4.98 Å². The summed E-state index contributed by atoms with van der Waals surface area (Å²) in [7, 11) is 2.85. The zero-order chi connectivity index (χ0) is 15.6. The van der Waals surface area contributed by atoms with Crippen molar-refractivity contribution in [2.45, 2.75) is 0 Å². The van der Waals surface area contributed by atoms with Gasteiger partial charge in [-0.3, -0.25) is 4.79 Å². The average molecular weight is 293 g/mol. The Morgan fingerprint density at radius 2 is 1.95 bits per heavy atom. The van der Waals surface area contributed by atoms with Crippen LogP contribution in [0.1, 0.15) is 10.4 Å². The molecule has 0 bridgehead atoms. The molecule has 0 amide bonds. The van der Waals surface area contributed by atoms with Crippen LogP contribution in [0.4, 0.5) is 10.2 Å². The van der Waals surface area contributed by atoms with Crippen LogP contribution in [0, 0.1) is 5.82 Å². The SMILES string of the molecule is COc1ccc(C(=O)n2cc(F)c(N)nc2=O)cc1OC. The van der Waals surface area contributed by atoms with Crippen molar-refractivity contribution >= 4 is 11.7 Å². The number of hydrogen-bond acceptors (Lipinski definition) is 6. The first kappa shape index (κ1) is 14.5. The largest absolute Gasteiger partial charge is 0.493 e. The molecule has 0 aliphatic heterocycles. The number of nitrogen functional groups attached to an aromatic ring is 1. The molecule has 1 aromatic heterocycles. The van der Waals surface area contributed by atoms with Crippen molar-refractivity contribution in [2.24, 2.45) is 0 Å². The second-order valence-corrected chi connectivity index (χ2v) is 4.00. The van der Waals surface area contributed by atoms with Crippen LogP contribution in [-0.4, -0.2) is 29.7 Å². The van der Waals surface area contributed by atoms with Crippen molar-refractivity contribution < 1.29 is 18.7 Å². The molecule has 21 heavy (non-hydrogen) atoms. The molecule has 1 aromatic carbocycles. The molecule has 0 fully saturated rings. The average Bonchev–Trinajstić information content (AvgIpc) is 2.49. The Balaban J connectivity index is 2.50. The lowest BCUT2D eigenvalue weighted by Gasteiger charge is -2.09. The van der Waals surface area contributed by atoms with Crippen molar-refractivity contribution in [3.8, 4) is 11.5 Å². The van der Waals surface area contributed by atoms with Gasteiger partial charge < -0.3 is 15.2 Å². The molecular formula is C13H12FN3O4. The second kappa shape index (κ2) is 5.61. The molecule has 110 valence electrons. The van der Waals surface area contributed by atoms with Gasteiger partial charge in [0.25, 0.3) is 5.91 Å². The Kier molecular flexibility index (Phi) is 3.88. The van der Waals surface area contributed by atoms with Gasteiger partial charge in [-0.1, -0.05) is 0 Å². The molecule has 2 aromatic rings. The summed E-state index contributed by atoms with van der Waals surface area (Å²) in [6, 6.07) is 4.30. The van der Waals surface area contributed by atoms with Crippen LogP contribution in [-0.2, 0) is 0 Å². The number of methoxy groups -OCH3 is 2. The van der Waals surface area contributed by atoms with E-state index in [0.717, 1.165) is 0 Å². The van der Waals surface area contributed by atoms with Crippen molar-refractivity contribution in [1.82, 2.24) is 9.55 Å². The number of nitrogens with two attached hydrogens (primary N) is 1. The molecule has 0 radical (unpaired) electrons. The second-order valence-electron chi connectivity index (χ2n) is 4.00. The molecule has 0 spiro atoms. The summed E-state index contributed by atoms with van der Waals surface area (Å²) in [4.78, 5) is 27.1. The van der Waals surface area contributed by atoms with Gasteiger partial charge in [0.1, 0.15) is 0 Å². The van der Waals surface area contributed by atoms with Crippen LogP contribution in [0.2, 0.25) is 0 Å². The molecule has 2 N–H and O–H groups in total. The monoisotopic (exact) mass is 293 g/mol. The van der Waals surface area contributed by atoms with Crippen LogP contribution in [0.25, 0.3) is 0 Å². The minimum Gasteiger partial charge on any atom is -0.493 e. The quantitative estimate of drug-likeness (QED) is 0.893. The van der Waals surface area contributed by atoms with Crippen LogP contribution < -0.4 is 20.9 Å². The van der Waals surface area contributed by atoms with Gasteiger partial charge in [-0.2, -0.15) is 4.98 Å². The van der Waals surface area contributed by atoms with Crippen LogP contribution >= 0.6 is 0 Å². The first-order chi connectivity index (χ1) is 9.97. The number of benzene rings is 1. The number of ether oxygens (including phenoxy) is 2. The van der Waals surface area contributed by atoms with Gasteiger partial charge >= 0.3 is 5.69 Å². The Morgan fingerprint density at radius 1 is 1.29 bits per heavy atom. The zero-order valence-corrected chi connectivity index (χ0v) is 11.3. The van der Waals surface area contributed by atoms with Gasteiger partial charge in [-0.25, -0.2) is 13.8 Å². The van der Waals surface area contributed by atoms with Crippen molar-refractivity contribution in [3.05, 3.63) is 46.3 Å². The smallest absolute Gasteiger partial charge is 0.356 e. The van der Waals surface area contributed by atoms with Gasteiger partial charge in [0, 0.05) is 5.56 Å². The van der Waals surface area contributed by atoms with Gasteiger partial charge in [-0.15, -0.1) is 0 Å². The van der Waals surface area contributed by atoms with Gasteiger partial charge in [0.2, 0.25) is 0 Å². The zero-order valence-electron chi connectivity index (χ0n) is 11.3. The summed E-state index contributed by atoms with van der Waals surface area (Å²) in [5, 5.41) is 0. The van der Waals surface area contributed by atoms with Crippen LogP contribution in [0.5, 0.6) is 11.5 Å². The highest BCUT2D eigenvalue weighted by atomic mass is 19.1. The molecule has 0 saturated heterocycles.